The Hall–Kier alpha value is -3.23. The molecule has 0 saturated carbocycles. The first-order chi connectivity index (χ1) is 21.8. The van der Waals surface area contributed by atoms with Gasteiger partial charge in [-0.15, -0.1) is 23.5 Å². The van der Waals surface area contributed by atoms with Gasteiger partial charge in [-0.2, -0.15) is 0 Å². The van der Waals surface area contributed by atoms with Crippen LogP contribution in [0.15, 0.2) is 119 Å². The molecule has 7 heteroatoms. The monoisotopic (exact) mass is 638 g/mol. The van der Waals surface area contributed by atoms with Crippen LogP contribution in [0.4, 0.5) is 4.79 Å². The maximum Gasteiger partial charge on any atom is 0.321 e. The summed E-state index contributed by atoms with van der Waals surface area (Å²) in [6.07, 6.45) is 4.89. The Morgan fingerprint density at radius 2 is 1.00 bits per heavy atom. The molecule has 0 spiro atoms. The molecule has 234 valence electrons. The third kappa shape index (κ3) is 7.44. The van der Waals surface area contributed by atoms with Crippen molar-refractivity contribution in [3.63, 3.8) is 0 Å². The number of hydrogen-bond acceptors (Lipinski definition) is 5. The topological polar surface area (TPSA) is 42.0 Å². The van der Waals surface area contributed by atoms with E-state index in [0.29, 0.717) is 25.9 Å². The number of amides is 2. The first kappa shape index (κ1) is 31.7. The predicted octanol–water partition coefficient (Wildman–Crippen LogP) is 8.31. The highest BCUT2D eigenvalue weighted by Crippen LogP contribution is 2.40. The summed E-state index contributed by atoms with van der Waals surface area (Å²) >= 11 is 3.46. The Bertz CT molecular complexity index is 1470. The van der Waals surface area contributed by atoms with Crippen LogP contribution >= 0.6 is 23.5 Å². The van der Waals surface area contributed by atoms with E-state index in [0.717, 1.165) is 11.1 Å². The number of carbonyl (C=O) groups is 1. The van der Waals surface area contributed by atoms with E-state index in [4.69, 9.17) is 9.47 Å². The summed E-state index contributed by atoms with van der Waals surface area (Å²) < 4.78 is 13.7. The van der Waals surface area contributed by atoms with Crippen molar-refractivity contribution in [1.29, 1.82) is 0 Å². The average molecular weight is 639 g/mol. The van der Waals surface area contributed by atoms with E-state index < -0.39 is 5.79 Å². The molecule has 2 fully saturated rings. The van der Waals surface area contributed by atoms with Gasteiger partial charge in [-0.1, -0.05) is 84.9 Å². The van der Waals surface area contributed by atoms with Crippen LogP contribution in [0.25, 0.3) is 0 Å². The third-order valence-corrected chi connectivity index (χ3v) is 10.2. The van der Waals surface area contributed by atoms with Crippen LogP contribution in [0.5, 0.6) is 0 Å². The van der Waals surface area contributed by atoms with E-state index in [1.807, 2.05) is 50.2 Å². The number of thioether (sulfide) groups is 2. The molecule has 45 heavy (non-hydrogen) atoms. The van der Waals surface area contributed by atoms with Crippen molar-refractivity contribution >= 4 is 29.6 Å². The molecule has 4 aromatic rings. The molecule has 2 saturated heterocycles. The third-order valence-electron chi connectivity index (χ3n) is 8.76. The number of hydrogen-bond donors (Lipinski definition) is 0. The first-order valence-electron chi connectivity index (χ1n) is 15.6. The predicted molar refractivity (Wildman–Crippen MR) is 185 cm³/mol. The number of ether oxygens (including phenoxy) is 2. The van der Waals surface area contributed by atoms with E-state index in [1.165, 1.54) is 20.9 Å². The molecule has 0 aliphatic carbocycles. The van der Waals surface area contributed by atoms with Gasteiger partial charge < -0.3 is 19.3 Å². The number of carbonyl (C=O) groups excluding carboxylic acids is 1. The summed E-state index contributed by atoms with van der Waals surface area (Å²) in [5.74, 6) is -0.786. The van der Waals surface area contributed by atoms with Crippen molar-refractivity contribution in [3.05, 3.63) is 131 Å². The van der Waals surface area contributed by atoms with Crippen LogP contribution < -0.4 is 0 Å². The molecule has 2 amide bonds. The Labute approximate surface area is 276 Å². The van der Waals surface area contributed by atoms with Gasteiger partial charge in [-0.05, 0) is 85.7 Å². The zero-order valence-electron chi connectivity index (χ0n) is 26.5. The second-order valence-electron chi connectivity index (χ2n) is 12.3. The van der Waals surface area contributed by atoms with Crippen LogP contribution in [-0.2, 0) is 35.4 Å². The standard InChI is InChI=1S/C38H42N2O3S2/c1-38(2)42-35-33(23-29-17-11-19-31(21-29)44-3)39(25-27-13-7-5-8-14-27)37(41)40(26-28-15-9-6-10-16-28)34(36(35)43-38)24-30-18-12-20-32(22-30)45-4/h5-22,33-36H,23-26H2,1-4H3/t33-,34-,35+,36+/m1/s1. The number of rotatable bonds is 10. The maximum atomic E-state index is 15.1. The van der Waals surface area contributed by atoms with Crippen molar-refractivity contribution < 1.29 is 14.3 Å². The SMILES string of the molecule is CSc1cccc(C[C@@H]2[C@@H]3OC(C)(C)O[C@H]3[C@@H](Cc3cccc(SC)c3)N(Cc3ccccc3)C(=O)N2Cc2ccccc2)c1. The largest absolute Gasteiger partial charge is 0.342 e. The summed E-state index contributed by atoms with van der Waals surface area (Å²) in [7, 11) is 0. The molecule has 0 N–H and O–H groups in total. The molecule has 2 aliphatic heterocycles. The second kappa shape index (κ2) is 14.0. The van der Waals surface area contributed by atoms with Gasteiger partial charge in [0, 0.05) is 22.9 Å². The van der Waals surface area contributed by atoms with Crippen molar-refractivity contribution in [3.8, 4) is 0 Å². The van der Waals surface area contributed by atoms with E-state index in [9.17, 15) is 0 Å². The summed E-state index contributed by atoms with van der Waals surface area (Å²) in [6.45, 7) is 4.98. The molecular formula is C38H42N2O3S2. The van der Waals surface area contributed by atoms with E-state index in [-0.39, 0.29) is 30.3 Å². The lowest BCUT2D eigenvalue weighted by Gasteiger charge is -2.37. The van der Waals surface area contributed by atoms with Gasteiger partial charge in [-0.3, -0.25) is 0 Å². The molecule has 4 aromatic carbocycles. The normalized spacial score (nSPS) is 22.7. The molecular weight excluding hydrogens is 597 g/mol. The lowest BCUT2D eigenvalue weighted by Crippen LogP contribution is -2.51. The zero-order valence-corrected chi connectivity index (χ0v) is 28.1. The van der Waals surface area contributed by atoms with Crippen molar-refractivity contribution in [2.24, 2.45) is 0 Å². The number of urea groups is 1. The fraction of sp³-hybridized carbons (Fsp3) is 0.342. The summed E-state index contributed by atoms with van der Waals surface area (Å²) in [6, 6.07) is 37.5. The zero-order chi connectivity index (χ0) is 31.4. The molecule has 4 atom stereocenters. The minimum atomic E-state index is -0.786. The summed E-state index contributed by atoms with van der Waals surface area (Å²) in [4.78, 5) is 21.7. The molecule has 2 heterocycles. The van der Waals surface area contributed by atoms with Gasteiger partial charge in [-0.25, -0.2) is 4.79 Å². The van der Waals surface area contributed by atoms with Gasteiger partial charge in [0.05, 0.1) is 12.1 Å². The van der Waals surface area contributed by atoms with E-state index >= 15 is 4.79 Å². The highest BCUT2D eigenvalue weighted by molar-refractivity contribution is 7.98. The molecule has 0 radical (unpaired) electrons. The number of nitrogens with zero attached hydrogens (tertiary/aromatic N) is 2. The van der Waals surface area contributed by atoms with Crippen LogP contribution in [0, 0.1) is 0 Å². The molecule has 0 bridgehead atoms. The maximum absolute atomic E-state index is 15.1. The van der Waals surface area contributed by atoms with Gasteiger partial charge in [0.25, 0.3) is 0 Å². The van der Waals surface area contributed by atoms with Gasteiger partial charge >= 0.3 is 6.03 Å². The summed E-state index contributed by atoms with van der Waals surface area (Å²) in [5.41, 5.74) is 4.56. The molecule has 6 rings (SSSR count). The minimum Gasteiger partial charge on any atom is -0.342 e. The Kier molecular flexibility index (Phi) is 9.90. The fourth-order valence-electron chi connectivity index (χ4n) is 6.68. The van der Waals surface area contributed by atoms with Crippen molar-refractivity contribution in [2.75, 3.05) is 12.5 Å². The molecule has 5 nitrogen and oxygen atoms in total. The highest BCUT2D eigenvalue weighted by atomic mass is 32.2. The quantitative estimate of drug-likeness (QED) is 0.164. The van der Waals surface area contributed by atoms with E-state index in [1.54, 1.807) is 23.5 Å². The van der Waals surface area contributed by atoms with Crippen LogP contribution in [0.3, 0.4) is 0 Å². The number of benzene rings is 4. The van der Waals surface area contributed by atoms with Crippen molar-refractivity contribution in [1.82, 2.24) is 9.80 Å². The Balaban J connectivity index is 1.48. The Morgan fingerprint density at radius 3 is 1.40 bits per heavy atom. The van der Waals surface area contributed by atoms with Crippen LogP contribution in [0.1, 0.15) is 36.1 Å². The molecule has 0 unspecified atom stereocenters. The van der Waals surface area contributed by atoms with Gasteiger partial charge in [0.1, 0.15) is 12.2 Å². The van der Waals surface area contributed by atoms with Gasteiger partial charge in [0.2, 0.25) is 0 Å². The highest BCUT2D eigenvalue weighted by Gasteiger charge is 2.55. The van der Waals surface area contributed by atoms with Crippen molar-refractivity contribution in [2.45, 2.75) is 79.6 Å². The molecule has 2 aliphatic rings. The van der Waals surface area contributed by atoms with Gasteiger partial charge in [0.15, 0.2) is 5.79 Å². The average Bonchev–Trinajstić information content (AvgIpc) is 3.36. The smallest absolute Gasteiger partial charge is 0.321 e. The lowest BCUT2D eigenvalue weighted by atomic mass is 9.91. The lowest BCUT2D eigenvalue weighted by molar-refractivity contribution is -0.157. The minimum absolute atomic E-state index is 0.0131. The number of fused-ring (bicyclic) bond motifs is 1. The first-order valence-corrected chi connectivity index (χ1v) is 18.0. The van der Waals surface area contributed by atoms with Crippen LogP contribution in [-0.4, -0.2) is 58.4 Å². The van der Waals surface area contributed by atoms with Crippen LogP contribution in [0.2, 0.25) is 0 Å². The Morgan fingerprint density at radius 1 is 0.600 bits per heavy atom. The molecule has 0 aromatic heterocycles. The van der Waals surface area contributed by atoms with E-state index in [2.05, 4.69) is 95.1 Å². The fourth-order valence-corrected chi connectivity index (χ4v) is 7.65. The second-order valence-corrected chi connectivity index (χ2v) is 14.1. The summed E-state index contributed by atoms with van der Waals surface area (Å²) in [5, 5.41) is 0.